The van der Waals surface area contributed by atoms with Gasteiger partial charge < -0.3 is 4.42 Å². The van der Waals surface area contributed by atoms with Crippen molar-refractivity contribution in [2.24, 2.45) is 7.05 Å². The van der Waals surface area contributed by atoms with Gasteiger partial charge in [-0.15, -0.1) is 0 Å². The second kappa shape index (κ2) is 5.46. The fraction of sp³-hybridized carbons (Fsp3) is 0.188. The lowest BCUT2D eigenvalue weighted by Crippen LogP contribution is -2.08. The van der Waals surface area contributed by atoms with Crippen LogP contribution in [0.5, 0.6) is 0 Å². The molecule has 0 bridgehead atoms. The van der Waals surface area contributed by atoms with Crippen molar-refractivity contribution < 1.29 is 4.42 Å². The lowest BCUT2D eigenvalue weighted by Gasteiger charge is -2.12. The molecule has 0 fully saturated rings. The van der Waals surface area contributed by atoms with Gasteiger partial charge in [-0.2, -0.15) is 0 Å². The normalized spacial score (nSPS) is 12.8. The minimum Gasteiger partial charge on any atom is -0.408 e. The Kier molecular flexibility index (Phi) is 3.80. The van der Waals surface area contributed by atoms with Crippen LogP contribution in [0.2, 0.25) is 0 Å². The van der Waals surface area contributed by atoms with Crippen LogP contribution < -0.4 is 5.76 Å². The molecule has 0 N–H and O–H groups in total. The summed E-state index contributed by atoms with van der Waals surface area (Å²) >= 11 is 7.23. The van der Waals surface area contributed by atoms with Crippen LogP contribution in [0.25, 0.3) is 11.1 Å². The van der Waals surface area contributed by atoms with Gasteiger partial charge in [0.2, 0.25) is 0 Å². The van der Waals surface area contributed by atoms with Crippen LogP contribution in [0.15, 0.2) is 50.1 Å². The van der Waals surface area contributed by atoms with E-state index in [-0.39, 0.29) is 10.6 Å². The van der Waals surface area contributed by atoms with Crippen molar-refractivity contribution >= 4 is 43.0 Å². The van der Waals surface area contributed by atoms with Gasteiger partial charge in [-0.25, -0.2) is 4.79 Å². The summed E-state index contributed by atoms with van der Waals surface area (Å²) in [5.74, 6) is -0.340. The fourth-order valence-corrected chi connectivity index (χ4v) is 3.14. The maximum absolute atomic E-state index is 11.6. The van der Waals surface area contributed by atoms with Gasteiger partial charge in [-0.3, -0.25) is 4.57 Å². The predicted molar refractivity (Wildman–Crippen MR) is 91.1 cm³/mol. The predicted octanol–water partition coefficient (Wildman–Crippen LogP) is 4.69. The number of benzene rings is 2. The van der Waals surface area contributed by atoms with E-state index in [0.717, 1.165) is 21.1 Å². The van der Waals surface area contributed by atoms with E-state index in [9.17, 15) is 4.79 Å². The Balaban J connectivity index is 2.06. The van der Waals surface area contributed by atoms with Crippen LogP contribution in [-0.4, -0.2) is 4.57 Å². The molecule has 21 heavy (non-hydrogen) atoms. The molecule has 0 spiro atoms. The Labute approximate surface area is 138 Å². The van der Waals surface area contributed by atoms with E-state index in [1.807, 2.05) is 24.3 Å². The first-order valence-corrected chi connectivity index (χ1v) is 8.18. The van der Waals surface area contributed by atoms with Gasteiger partial charge in [-0.05, 0) is 41.8 Å². The highest BCUT2D eigenvalue weighted by Crippen LogP contribution is 2.34. The summed E-state index contributed by atoms with van der Waals surface area (Å²) in [6.45, 7) is 2.06. The molecule has 0 aliphatic rings. The third-order valence-corrected chi connectivity index (χ3v) is 5.53. The highest BCUT2D eigenvalue weighted by molar-refractivity contribution is 9.10. The van der Waals surface area contributed by atoms with Crippen molar-refractivity contribution in [3.05, 3.63) is 68.1 Å². The van der Waals surface area contributed by atoms with E-state index in [0.29, 0.717) is 5.58 Å². The lowest BCUT2D eigenvalue weighted by molar-refractivity contribution is 0.528. The zero-order chi connectivity index (χ0) is 15.1. The van der Waals surface area contributed by atoms with Gasteiger partial charge in [0.1, 0.15) is 0 Å². The number of fused-ring (bicyclic) bond motifs is 1. The monoisotopic (exact) mass is 409 g/mol. The quantitative estimate of drug-likeness (QED) is 0.574. The van der Waals surface area contributed by atoms with E-state index in [1.54, 1.807) is 7.05 Å². The van der Waals surface area contributed by atoms with Gasteiger partial charge in [0, 0.05) is 11.5 Å². The van der Waals surface area contributed by atoms with Gasteiger partial charge >= 0.3 is 5.76 Å². The minimum absolute atomic E-state index is 0.0548. The zero-order valence-electron chi connectivity index (χ0n) is 11.6. The first-order valence-electron chi connectivity index (χ1n) is 6.47. The molecule has 1 aromatic heterocycles. The number of rotatable bonds is 2. The molecule has 1 unspecified atom stereocenters. The summed E-state index contributed by atoms with van der Waals surface area (Å²) in [6.07, 6.45) is 0. The van der Waals surface area contributed by atoms with Crippen LogP contribution in [0.1, 0.15) is 21.5 Å². The number of hydrogen-bond acceptors (Lipinski definition) is 2. The van der Waals surface area contributed by atoms with Crippen LogP contribution >= 0.6 is 31.9 Å². The van der Waals surface area contributed by atoms with Crippen LogP contribution in [0, 0.1) is 6.92 Å². The number of hydrogen-bond donors (Lipinski definition) is 0. The minimum atomic E-state index is -0.340. The van der Waals surface area contributed by atoms with Crippen molar-refractivity contribution in [1.82, 2.24) is 4.57 Å². The van der Waals surface area contributed by atoms with Crippen LogP contribution in [-0.2, 0) is 7.05 Å². The van der Waals surface area contributed by atoms with E-state index < -0.39 is 0 Å². The largest absolute Gasteiger partial charge is 0.419 e. The number of aryl methyl sites for hydroxylation is 2. The van der Waals surface area contributed by atoms with Crippen LogP contribution in [0.3, 0.4) is 0 Å². The molecular formula is C16H13Br2NO2. The summed E-state index contributed by atoms with van der Waals surface area (Å²) in [4.78, 5) is 11.6. The highest BCUT2D eigenvalue weighted by Gasteiger charge is 2.14. The molecule has 1 atom stereocenters. The number of oxazole rings is 1. The summed E-state index contributed by atoms with van der Waals surface area (Å²) in [5.41, 5.74) is 4.81. The maximum atomic E-state index is 11.6. The molecule has 3 aromatic rings. The number of alkyl halides is 1. The molecule has 3 rings (SSSR count). The molecule has 0 aliphatic heterocycles. The SMILES string of the molecule is Cc1cc(C(Br)c2ccc3c(c2)oc(=O)n3C)ccc1Br. The van der Waals surface area contributed by atoms with Crippen molar-refractivity contribution in [3.8, 4) is 0 Å². The van der Waals surface area contributed by atoms with Gasteiger partial charge in [-0.1, -0.05) is 50.1 Å². The van der Waals surface area contributed by atoms with E-state index in [1.165, 1.54) is 10.1 Å². The molecule has 0 aliphatic carbocycles. The highest BCUT2D eigenvalue weighted by atomic mass is 79.9. The molecule has 2 aromatic carbocycles. The number of nitrogens with zero attached hydrogens (tertiary/aromatic N) is 1. The molecule has 5 heteroatoms. The summed E-state index contributed by atoms with van der Waals surface area (Å²) < 4.78 is 7.85. The molecular weight excluding hydrogens is 398 g/mol. The standard InChI is InChI=1S/C16H13Br2NO2/c1-9-7-10(3-5-12(9)17)15(18)11-4-6-13-14(8-11)21-16(20)19(13)2/h3-8,15H,1-2H3. The molecule has 108 valence electrons. The van der Waals surface area contributed by atoms with Gasteiger partial charge in [0.05, 0.1) is 10.3 Å². The van der Waals surface area contributed by atoms with E-state index in [2.05, 4.69) is 50.9 Å². The molecule has 0 radical (unpaired) electrons. The molecule has 0 saturated carbocycles. The maximum Gasteiger partial charge on any atom is 0.419 e. The van der Waals surface area contributed by atoms with E-state index in [4.69, 9.17) is 4.42 Å². The Morgan fingerprint density at radius 2 is 1.81 bits per heavy atom. The Morgan fingerprint density at radius 1 is 1.14 bits per heavy atom. The molecule has 0 amide bonds. The van der Waals surface area contributed by atoms with E-state index >= 15 is 0 Å². The summed E-state index contributed by atoms with van der Waals surface area (Å²) in [5, 5.41) is 0. The van der Waals surface area contributed by atoms with Gasteiger partial charge in [0.25, 0.3) is 0 Å². The van der Waals surface area contributed by atoms with Crippen molar-refractivity contribution in [3.63, 3.8) is 0 Å². The zero-order valence-corrected chi connectivity index (χ0v) is 14.7. The molecule has 1 heterocycles. The molecule has 3 nitrogen and oxygen atoms in total. The molecule has 0 saturated heterocycles. The smallest absolute Gasteiger partial charge is 0.408 e. The third kappa shape index (κ3) is 2.60. The average molecular weight is 411 g/mol. The second-order valence-corrected chi connectivity index (χ2v) is 6.80. The first kappa shape index (κ1) is 14.6. The summed E-state index contributed by atoms with van der Waals surface area (Å²) in [7, 11) is 1.71. The van der Waals surface area contributed by atoms with Crippen LogP contribution in [0.4, 0.5) is 0 Å². The first-order chi connectivity index (χ1) is 9.97. The van der Waals surface area contributed by atoms with Crippen molar-refractivity contribution in [2.75, 3.05) is 0 Å². The number of halogens is 2. The van der Waals surface area contributed by atoms with Crippen molar-refractivity contribution in [2.45, 2.75) is 11.8 Å². The topological polar surface area (TPSA) is 35.1 Å². The fourth-order valence-electron chi connectivity index (χ4n) is 2.33. The summed E-state index contributed by atoms with van der Waals surface area (Å²) in [6, 6.07) is 12.1. The van der Waals surface area contributed by atoms with Gasteiger partial charge in [0.15, 0.2) is 5.58 Å². The average Bonchev–Trinajstić information content (AvgIpc) is 2.76. The third-order valence-electron chi connectivity index (χ3n) is 3.58. The van der Waals surface area contributed by atoms with Crippen molar-refractivity contribution in [1.29, 1.82) is 0 Å². The second-order valence-electron chi connectivity index (χ2n) is 5.03. The Bertz CT molecular complexity index is 880. The lowest BCUT2D eigenvalue weighted by atomic mass is 10.0. The Morgan fingerprint density at radius 3 is 2.52 bits per heavy atom. The Hall–Kier alpha value is -1.33. The number of aromatic nitrogens is 1.